The van der Waals surface area contributed by atoms with Crippen molar-refractivity contribution in [3.05, 3.63) is 58.9 Å². The minimum absolute atomic E-state index is 0.237. The number of ether oxygens (including phenoxy) is 1. The Hall–Kier alpha value is -2.66. The first-order valence-corrected chi connectivity index (χ1v) is 10.7. The van der Waals surface area contributed by atoms with E-state index in [0.29, 0.717) is 48.3 Å². The summed E-state index contributed by atoms with van der Waals surface area (Å²) in [4.78, 5) is 10.0. The van der Waals surface area contributed by atoms with E-state index in [1.54, 1.807) is 18.2 Å². The molecule has 0 saturated heterocycles. The molecule has 2 aromatic rings. The number of carboxylic acid groups (broad SMARTS) is 1. The number of carbonyl (C=O) groups is 1. The third kappa shape index (κ3) is 4.82. The molecule has 0 radical (unpaired) electrons. The van der Waals surface area contributed by atoms with Gasteiger partial charge in [-0.3, -0.25) is 0 Å². The molecule has 11 heteroatoms. The smallest absolute Gasteiger partial charge is 0.416 e. The molecule has 0 spiro atoms. The summed E-state index contributed by atoms with van der Waals surface area (Å²) >= 11 is 0. The summed E-state index contributed by atoms with van der Waals surface area (Å²) in [7, 11) is -3.25. The second-order valence-electron chi connectivity index (χ2n) is 7.11. The number of aliphatic carboxylic acids is 1. The molecule has 3 rings (SSSR count). The average Bonchev–Trinajstić information content (AvgIpc) is 2.70. The number of nitrogens with zero attached hydrogens (tertiary/aromatic N) is 1. The number of halogens is 4. The van der Waals surface area contributed by atoms with Gasteiger partial charge >= 0.3 is 12.1 Å². The molecule has 6 nitrogen and oxygen atoms in total. The standard InChI is InChI=1S/C20H19F4NO5S/c1-25(31(28,29)14-9-12(20(22,23)24)8-13(21)10-14)17-6-2-5-16-15(17)4-3-7-18(16)30-11-19(26)27/h3-4,7-10,17H,2,5-6,11H2,1H3,(H,26,27). The second kappa shape index (κ2) is 8.46. The Morgan fingerprint density at radius 1 is 1.26 bits per heavy atom. The summed E-state index contributed by atoms with van der Waals surface area (Å²) in [5, 5.41) is 8.83. The molecule has 1 aliphatic rings. The molecule has 0 fully saturated rings. The van der Waals surface area contributed by atoms with E-state index in [2.05, 4.69) is 0 Å². The second-order valence-corrected chi connectivity index (χ2v) is 9.11. The highest BCUT2D eigenvalue weighted by atomic mass is 32.2. The fraction of sp³-hybridized carbons (Fsp3) is 0.350. The molecule has 0 aromatic heterocycles. The Balaban J connectivity index is 1.99. The zero-order chi connectivity index (χ0) is 23.0. The van der Waals surface area contributed by atoms with Gasteiger partial charge in [-0.25, -0.2) is 17.6 Å². The minimum Gasteiger partial charge on any atom is -0.482 e. The lowest BCUT2D eigenvalue weighted by molar-refractivity contribution is -0.139. The lowest BCUT2D eigenvalue weighted by Gasteiger charge is -2.33. The van der Waals surface area contributed by atoms with E-state index in [9.17, 15) is 30.8 Å². The van der Waals surface area contributed by atoms with Crippen LogP contribution in [0.5, 0.6) is 5.75 Å². The van der Waals surface area contributed by atoms with E-state index in [-0.39, 0.29) is 6.07 Å². The minimum atomic E-state index is -4.90. The summed E-state index contributed by atoms with van der Waals surface area (Å²) in [5.74, 6) is -2.17. The monoisotopic (exact) mass is 461 g/mol. The molecular formula is C20H19F4NO5S. The van der Waals surface area contributed by atoms with Gasteiger partial charge in [-0.2, -0.15) is 17.5 Å². The van der Waals surface area contributed by atoms with Crippen molar-refractivity contribution in [1.82, 2.24) is 4.31 Å². The molecule has 0 saturated carbocycles. The molecule has 1 N–H and O–H groups in total. The number of hydrogen-bond donors (Lipinski definition) is 1. The van der Waals surface area contributed by atoms with Crippen LogP contribution >= 0.6 is 0 Å². The summed E-state index contributed by atoms with van der Waals surface area (Å²) in [6.45, 7) is -0.571. The first-order chi connectivity index (χ1) is 14.4. The van der Waals surface area contributed by atoms with Gasteiger partial charge in [0.2, 0.25) is 10.0 Å². The molecule has 1 atom stereocenters. The number of alkyl halides is 3. The number of carboxylic acids is 1. The van der Waals surface area contributed by atoms with Crippen LogP contribution in [-0.4, -0.2) is 37.5 Å². The molecule has 168 valence electrons. The predicted octanol–water partition coefficient (Wildman–Crippen LogP) is 4.01. The molecular weight excluding hydrogens is 442 g/mol. The molecule has 0 heterocycles. The van der Waals surface area contributed by atoms with Crippen LogP contribution in [0.15, 0.2) is 41.3 Å². The van der Waals surface area contributed by atoms with Crippen LogP contribution in [0, 0.1) is 5.82 Å². The number of fused-ring (bicyclic) bond motifs is 1. The Morgan fingerprint density at radius 2 is 1.97 bits per heavy atom. The van der Waals surface area contributed by atoms with Gasteiger partial charge in [0.05, 0.1) is 16.5 Å². The zero-order valence-corrected chi connectivity index (χ0v) is 17.1. The Kier molecular flexibility index (Phi) is 6.28. The van der Waals surface area contributed by atoms with E-state index in [1.165, 1.54) is 7.05 Å². The van der Waals surface area contributed by atoms with Gasteiger partial charge in [0.15, 0.2) is 6.61 Å². The van der Waals surface area contributed by atoms with Crippen LogP contribution in [-0.2, 0) is 27.4 Å². The quantitative estimate of drug-likeness (QED) is 0.658. The van der Waals surface area contributed by atoms with Crippen molar-refractivity contribution in [3.63, 3.8) is 0 Å². The van der Waals surface area contributed by atoms with E-state index in [4.69, 9.17) is 9.84 Å². The number of sulfonamides is 1. The largest absolute Gasteiger partial charge is 0.482 e. The van der Waals surface area contributed by atoms with Crippen molar-refractivity contribution < 1.29 is 40.6 Å². The fourth-order valence-electron chi connectivity index (χ4n) is 3.65. The van der Waals surface area contributed by atoms with Gasteiger partial charge in [0.25, 0.3) is 0 Å². The molecule has 2 aromatic carbocycles. The first-order valence-electron chi connectivity index (χ1n) is 9.23. The van der Waals surface area contributed by atoms with Crippen LogP contribution in [0.1, 0.15) is 35.6 Å². The summed E-state index contributed by atoms with van der Waals surface area (Å²) in [5.41, 5.74) is -0.196. The highest BCUT2D eigenvalue weighted by Crippen LogP contribution is 2.40. The van der Waals surface area contributed by atoms with Crippen LogP contribution in [0.4, 0.5) is 17.6 Å². The van der Waals surface area contributed by atoms with E-state index in [1.807, 2.05) is 0 Å². The van der Waals surface area contributed by atoms with Crippen LogP contribution in [0.2, 0.25) is 0 Å². The lowest BCUT2D eigenvalue weighted by atomic mass is 9.87. The third-order valence-electron chi connectivity index (χ3n) is 5.10. The molecule has 1 aliphatic carbocycles. The summed E-state index contributed by atoms with van der Waals surface area (Å²) < 4.78 is 85.2. The number of rotatable bonds is 6. The van der Waals surface area contributed by atoms with Gasteiger partial charge in [-0.15, -0.1) is 0 Å². The first kappa shape index (κ1) is 23.0. The Labute approximate surface area is 176 Å². The van der Waals surface area contributed by atoms with Gasteiger partial charge in [-0.05, 0) is 54.7 Å². The predicted molar refractivity (Wildman–Crippen MR) is 102 cm³/mol. The molecule has 31 heavy (non-hydrogen) atoms. The highest BCUT2D eigenvalue weighted by molar-refractivity contribution is 7.89. The molecule has 1 unspecified atom stereocenters. The maximum absolute atomic E-state index is 13.8. The van der Waals surface area contributed by atoms with E-state index >= 15 is 0 Å². The fourth-order valence-corrected chi connectivity index (χ4v) is 5.08. The Morgan fingerprint density at radius 3 is 2.61 bits per heavy atom. The summed E-state index contributed by atoms with van der Waals surface area (Å²) in [6, 6.07) is 5.27. The van der Waals surface area contributed by atoms with Crippen molar-refractivity contribution in [2.45, 2.75) is 36.4 Å². The topological polar surface area (TPSA) is 83.9 Å². The normalized spacial score (nSPS) is 16.8. The van der Waals surface area contributed by atoms with Crippen LogP contribution in [0.3, 0.4) is 0 Å². The van der Waals surface area contributed by atoms with E-state index in [0.717, 1.165) is 4.31 Å². The number of hydrogen-bond acceptors (Lipinski definition) is 4. The van der Waals surface area contributed by atoms with Crippen molar-refractivity contribution >= 4 is 16.0 Å². The summed E-state index contributed by atoms with van der Waals surface area (Å²) in [6.07, 6.45) is -3.46. The molecule has 0 bridgehead atoms. The Bertz CT molecular complexity index is 1100. The third-order valence-corrected chi connectivity index (χ3v) is 6.94. The maximum Gasteiger partial charge on any atom is 0.416 e. The lowest BCUT2D eigenvalue weighted by Crippen LogP contribution is -2.33. The average molecular weight is 461 g/mol. The van der Waals surface area contributed by atoms with Crippen molar-refractivity contribution in [3.8, 4) is 5.75 Å². The van der Waals surface area contributed by atoms with Crippen molar-refractivity contribution in [2.24, 2.45) is 0 Å². The molecule has 0 aliphatic heterocycles. The van der Waals surface area contributed by atoms with Gasteiger partial charge in [0, 0.05) is 7.05 Å². The number of benzene rings is 2. The van der Waals surface area contributed by atoms with Crippen LogP contribution in [0.25, 0.3) is 0 Å². The molecule has 0 amide bonds. The van der Waals surface area contributed by atoms with Crippen LogP contribution < -0.4 is 4.74 Å². The van der Waals surface area contributed by atoms with Gasteiger partial charge in [0.1, 0.15) is 11.6 Å². The highest BCUT2D eigenvalue weighted by Gasteiger charge is 2.36. The van der Waals surface area contributed by atoms with Crippen molar-refractivity contribution in [1.29, 1.82) is 0 Å². The maximum atomic E-state index is 13.8. The SMILES string of the molecule is CN(C1CCCc2c(OCC(=O)O)cccc21)S(=O)(=O)c1cc(F)cc(C(F)(F)F)c1. The van der Waals surface area contributed by atoms with Gasteiger partial charge < -0.3 is 9.84 Å². The van der Waals surface area contributed by atoms with Gasteiger partial charge in [-0.1, -0.05) is 12.1 Å². The van der Waals surface area contributed by atoms with Crippen molar-refractivity contribution in [2.75, 3.05) is 13.7 Å². The zero-order valence-electron chi connectivity index (χ0n) is 16.3. The van der Waals surface area contributed by atoms with E-state index < -0.39 is 51.1 Å².